The van der Waals surface area contributed by atoms with Gasteiger partial charge in [-0.1, -0.05) is 41.9 Å². The number of urea groups is 1. The van der Waals surface area contributed by atoms with Gasteiger partial charge in [0.25, 0.3) is 0 Å². The first kappa shape index (κ1) is 18.9. The highest BCUT2D eigenvalue weighted by molar-refractivity contribution is 5.74. The van der Waals surface area contributed by atoms with Crippen LogP contribution in [-0.2, 0) is 17.9 Å². The molecule has 1 heterocycles. The molecule has 0 fully saturated rings. The summed E-state index contributed by atoms with van der Waals surface area (Å²) in [4.78, 5) is 18.5. The second kappa shape index (κ2) is 9.17. The zero-order valence-corrected chi connectivity index (χ0v) is 15.3. The Kier molecular flexibility index (Phi) is 6.94. The minimum absolute atomic E-state index is 0.0334. The first-order valence-electron chi connectivity index (χ1n) is 8.49. The molecule has 0 radical (unpaired) electrons. The molecule has 2 amide bonds. The van der Waals surface area contributed by atoms with Gasteiger partial charge in [-0.3, -0.25) is 0 Å². The maximum atomic E-state index is 12.6. The van der Waals surface area contributed by atoms with Crippen molar-refractivity contribution in [3.63, 3.8) is 0 Å². The largest absolute Gasteiger partial charge is 0.377 e. The smallest absolute Gasteiger partial charge is 0.318 e. The summed E-state index contributed by atoms with van der Waals surface area (Å²) in [5.74, 6) is 0.868. The maximum absolute atomic E-state index is 12.6. The topological polar surface area (TPSA) is 80.5 Å². The fraction of sp³-hybridized carbons (Fsp3) is 0.500. The molecule has 0 aliphatic heterocycles. The van der Waals surface area contributed by atoms with E-state index in [0.717, 1.165) is 12.0 Å². The van der Waals surface area contributed by atoms with E-state index in [2.05, 4.69) is 46.6 Å². The summed E-state index contributed by atoms with van der Waals surface area (Å²) < 4.78 is 10.1. The molecule has 25 heavy (non-hydrogen) atoms. The third-order valence-electron chi connectivity index (χ3n) is 3.96. The van der Waals surface area contributed by atoms with Crippen LogP contribution in [0.15, 0.2) is 28.8 Å². The highest BCUT2D eigenvalue weighted by atomic mass is 16.5. The molecule has 2 rings (SSSR count). The van der Waals surface area contributed by atoms with Gasteiger partial charge in [0.05, 0.1) is 6.04 Å². The number of aryl methyl sites for hydroxylation is 1. The minimum Gasteiger partial charge on any atom is -0.377 e. The number of ether oxygens (including phenoxy) is 1. The van der Waals surface area contributed by atoms with Crippen molar-refractivity contribution < 1.29 is 14.1 Å². The number of benzene rings is 1. The zero-order chi connectivity index (χ0) is 18.2. The van der Waals surface area contributed by atoms with Gasteiger partial charge in [-0.15, -0.1) is 0 Å². The van der Waals surface area contributed by atoms with Crippen LogP contribution in [0.4, 0.5) is 4.79 Å². The first-order chi connectivity index (χ1) is 12.1. The van der Waals surface area contributed by atoms with Gasteiger partial charge in [0.2, 0.25) is 5.89 Å². The molecule has 0 aliphatic rings. The van der Waals surface area contributed by atoms with E-state index < -0.39 is 0 Å². The molecular formula is C18H26N4O3. The lowest BCUT2D eigenvalue weighted by Crippen LogP contribution is -2.41. The number of rotatable bonds is 8. The number of aromatic nitrogens is 2. The van der Waals surface area contributed by atoms with Gasteiger partial charge in [0.1, 0.15) is 13.2 Å². The number of hydrogen-bond donors (Lipinski definition) is 1. The molecule has 0 saturated carbocycles. The van der Waals surface area contributed by atoms with Crippen molar-refractivity contribution in [3.8, 4) is 0 Å². The third-order valence-corrected chi connectivity index (χ3v) is 3.96. The number of amides is 2. The van der Waals surface area contributed by atoms with E-state index in [1.165, 1.54) is 5.56 Å². The third kappa shape index (κ3) is 5.29. The van der Waals surface area contributed by atoms with Gasteiger partial charge in [0.15, 0.2) is 5.82 Å². The van der Waals surface area contributed by atoms with Crippen molar-refractivity contribution in [2.45, 2.75) is 46.4 Å². The molecule has 1 aromatic heterocycles. The highest BCUT2D eigenvalue weighted by Crippen LogP contribution is 2.18. The summed E-state index contributed by atoms with van der Waals surface area (Å²) in [6.07, 6.45) is 0.810. The molecule has 1 atom stereocenters. The van der Waals surface area contributed by atoms with Gasteiger partial charge >= 0.3 is 6.03 Å². The molecule has 2 aromatic rings. The molecule has 7 nitrogen and oxygen atoms in total. The van der Waals surface area contributed by atoms with E-state index in [4.69, 9.17) is 9.26 Å². The summed E-state index contributed by atoms with van der Waals surface area (Å²) in [5.41, 5.74) is 2.29. The van der Waals surface area contributed by atoms with E-state index in [1.54, 1.807) is 12.0 Å². The lowest BCUT2D eigenvalue weighted by molar-refractivity contribution is 0.174. The molecule has 0 aliphatic carbocycles. The standard InChI is InChI=1S/C18H26N4O3/c1-5-15(14-9-7-13(3)8-10-14)19-18(23)22(6-2)11-17-20-16(12-24-4)21-25-17/h7-10,15H,5-6,11-12H2,1-4H3,(H,19,23)/t15-/m0/s1. The van der Waals surface area contributed by atoms with Gasteiger partial charge in [-0.2, -0.15) is 4.98 Å². The number of carbonyl (C=O) groups excluding carboxylic acids is 1. The van der Waals surface area contributed by atoms with Crippen LogP contribution in [0.25, 0.3) is 0 Å². The molecule has 0 unspecified atom stereocenters. The van der Waals surface area contributed by atoms with Gasteiger partial charge in [0, 0.05) is 13.7 Å². The Morgan fingerprint density at radius 3 is 2.64 bits per heavy atom. The molecule has 0 saturated heterocycles. The molecule has 7 heteroatoms. The Labute approximate surface area is 148 Å². The van der Waals surface area contributed by atoms with Crippen molar-refractivity contribution in [2.24, 2.45) is 0 Å². The number of nitrogens with one attached hydrogen (secondary N) is 1. The van der Waals surface area contributed by atoms with Crippen molar-refractivity contribution in [2.75, 3.05) is 13.7 Å². The van der Waals surface area contributed by atoms with E-state index in [-0.39, 0.29) is 25.2 Å². The van der Waals surface area contributed by atoms with Crippen LogP contribution >= 0.6 is 0 Å². The summed E-state index contributed by atoms with van der Waals surface area (Å²) in [6.45, 7) is 7.11. The number of carbonyl (C=O) groups is 1. The Morgan fingerprint density at radius 1 is 1.32 bits per heavy atom. The van der Waals surface area contributed by atoms with Crippen LogP contribution < -0.4 is 5.32 Å². The fourth-order valence-corrected chi connectivity index (χ4v) is 2.49. The predicted octanol–water partition coefficient (Wildman–Crippen LogP) is 3.21. The monoisotopic (exact) mass is 346 g/mol. The van der Waals surface area contributed by atoms with E-state index in [9.17, 15) is 4.79 Å². The molecule has 136 valence electrons. The van der Waals surface area contributed by atoms with Crippen LogP contribution in [0, 0.1) is 6.92 Å². The normalized spacial score (nSPS) is 12.0. The van der Waals surface area contributed by atoms with Crippen molar-refractivity contribution in [1.82, 2.24) is 20.4 Å². The molecule has 1 aromatic carbocycles. The summed E-state index contributed by atoms with van der Waals surface area (Å²) in [5, 5.41) is 6.89. The molecule has 0 bridgehead atoms. The van der Waals surface area contributed by atoms with Gasteiger partial charge in [-0.05, 0) is 25.8 Å². The Morgan fingerprint density at radius 2 is 2.04 bits per heavy atom. The maximum Gasteiger partial charge on any atom is 0.318 e. The number of hydrogen-bond acceptors (Lipinski definition) is 5. The van der Waals surface area contributed by atoms with Crippen molar-refractivity contribution in [3.05, 3.63) is 47.1 Å². The van der Waals surface area contributed by atoms with Crippen molar-refractivity contribution in [1.29, 1.82) is 0 Å². The molecular weight excluding hydrogens is 320 g/mol. The van der Waals surface area contributed by atoms with Crippen molar-refractivity contribution >= 4 is 6.03 Å². The van der Waals surface area contributed by atoms with Crippen LogP contribution in [0.3, 0.4) is 0 Å². The number of methoxy groups -OCH3 is 1. The first-order valence-corrected chi connectivity index (χ1v) is 8.49. The van der Waals surface area contributed by atoms with E-state index in [1.807, 2.05) is 13.8 Å². The Balaban J connectivity index is 2.00. The SMILES string of the molecule is CC[C@H](NC(=O)N(CC)Cc1nc(COC)no1)c1ccc(C)cc1. The fourth-order valence-electron chi connectivity index (χ4n) is 2.49. The summed E-state index contributed by atoms with van der Waals surface area (Å²) >= 11 is 0. The average Bonchev–Trinajstić information content (AvgIpc) is 3.05. The van der Waals surface area contributed by atoms with Crippen LogP contribution in [0.5, 0.6) is 0 Å². The zero-order valence-electron chi connectivity index (χ0n) is 15.3. The predicted molar refractivity (Wildman–Crippen MR) is 93.8 cm³/mol. The Bertz CT molecular complexity index is 669. The second-order valence-electron chi connectivity index (χ2n) is 5.87. The molecule has 1 N–H and O–H groups in total. The lowest BCUT2D eigenvalue weighted by Gasteiger charge is -2.24. The average molecular weight is 346 g/mol. The lowest BCUT2D eigenvalue weighted by atomic mass is 10.0. The summed E-state index contributed by atoms with van der Waals surface area (Å²) in [7, 11) is 1.57. The molecule has 0 spiro atoms. The number of nitrogens with zero attached hydrogens (tertiary/aromatic N) is 3. The van der Waals surface area contributed by atoms with E-state index in [0.29, 0.717) is 18.3 Å². The Hall–Kier alpha value is -2.41. The summed E-state index contributed by atoms with van der Waals surface area (Å²) in [6, 6.07) is 8.02. The minimum atomic E-state index is -0.151. The van der Waals surface area contributed by atoms with Crippen LogP contribution in [0.2, 0.25) is 0 Å². The second-order valence-corrected chi connectivity index (χ2v) is 5.87. The quantitative estimate of drug-likeness (QED) is 0.794. The van der Waals surface area contributed by atoms with Crippen LogP contribution in [-0.4, -0.2) is 34.7 Å². The highest BCUT2D eigenvalue weighted by Gasteiger charge is 2.19. The van der Waals surface area contributed by atoms with Crippen LogP contribution in [0.1, 0.15) is 49.2 Å². The van der Waals surface area contributed by atoms with Gasteiger partial charge in [-0.25, -0.2) is 4.79 Å². The van der Waals surface area contributed by atoms with Gasteiger partial charge < -0.3 is 19.5 Å². The van der Waals surface area contributed by atoms with E-state index >= 15 is 0 Å².